The first-order valence-corrected chi connectivity index (χ1v) is 6.91. The molecule has 4 heteroatoms. The average Bonchev–Trinajstić information content (AvgIpc) is 2.59. The number of hydrogen-bond acceptors (Lipinski definition) is 2. The predicted octanol–water partition coefficient (Wildman–Crippen LogP) is 2.60. The monoisotopic (exact) mass is 277 g/mol. The number of aliphatic hydroxyl groups is 1. The topological polar surface area (TPSA) is 40.5 Å². The molecule has 1 atom stereocenters. The molecule has 0 spiro atoms. The van der Waals surface area contributed by atoms with E-state index in [0.29, 0.717) is 19.5 Å². The minimum atomic E-state index is -0.671. The van der Waals surface area contributed by atoms with E-state index in [-0.39, 0.29) is 11.7 Å². The Bertz CT molecular complexity index is 494. The zero-order valence-corrected chi connectivity index (χ0v) is 11.7. The summed E-state index contributed by atoms with van der Waals surface area (Å²) >= 11 is 0. The molecule has 0 saturated carbocycles. The van der Waals surface area contributed by atoms with Gasteiger partial charge in [0.2, 0.25) is 5.91 Å². The van der Waals surface area contributed by atoms with Crippen molar-refractivity contribution in [3.05, 3.63) is 41.7 Å². The van der Waals surface area contributed by atoms with Crippen LogP contribution in [0.1, 0.15) is 31.7 Å². The van der Waals surface area contributed by atoms with Crippen LogP contribution in [0.25, 0.3) is 6.08 Å². The Morgan fingerprint density at radius 2 is 2.00 bits per heavy atom. The van der Waals surface area contributed by atoms with Crippen molar-refractivity contribution in [2.24, 2.45) is 0 Å². The molecule has 0 aromatic heterocycles. The Kier molecular flexibility index (Phi) is 4.55. The molecule has 1 aliphatic heterocycles. The summed E-state index contributed by atoms with van der Waals surface area (Å²) in [5.74, 6) is -0.352. The van der Waals surface area contributed by atoms with Crippen LogP contribution in [0.3, 0.4) is 0 Å². The van der Waals surface area contributed by atoms with E-state index in [1.165, 1.54) is 18.2 Å². The quantitative estimate of drug-likeness (QED) is 0.844. The van der Waals surface area contributed by atoms with Crippen molar-refractivity contribution < 1.29 is 14.3 Å². The van der Waals surface area contributed by atoms with E-state index >= 15 is 0 Å². The van der Waals surface area contributed by atoms with Crippen LogP contribution in [-0.2, 0) is 4.79 Å². The number of carbonyl (C=O) groups excluding carboxylic acids is 1. The van der Waals surface area contributed by atoms with Crippen LogP contribution >= 0.6 is 0 Å². The first-order valence-electron chi connectivity index (χ1n) is 6.91. The summed E-state index contributed by atoms with van der Waals surface area (Å²) in [6.07, 6.45) is 5.32. The molecule has 3 nitrogen and oxygen atoms in total. The van der Waals surface area contributed by atoms with Gasteiger partial charge in [0.1, 0.15) is 5.82 Å². The lowest BCUT2D eigenvalue weighted by molar-refractivity contribution is -0.126. The number of benzene rings is 1. The fourth-order valence-corrected chi connectivity index (χ4v) is 2.33. The Morgan fingerprint density at radius 3 is 2.70 bits per heavy atom. The summed E-state index contributed by atoms with van der Waals surface area (Å²) in [5, 5.41) is 10.00. The van der Waals surface area contributed by atoms with Crippen LogP contribution in [0.15, 0.2) is 30.3 Å². The molecule has 1 N–H and O–H groups in total. The molecule has 0 bridgehead atoms. The number of hydrogen-bond donors (Lipinski definition) is 1. The minimum Gasteiger partial charge on any atom is -0.390 e. The lowest BCUT2D eigenvalue weighted by Crippen LogP contribution is -2.32. The van der Waals surface area contributed by atoms with Crippen LogP contribution in [0.5, 0.6) is 0 Å². The van der Waals surface area contributed by atoms with Gasteiger partial charge in [-0.1, -0.05) is 12.1 Å². The summed E-state index contributed by atoms with van der Waals surface area (Å²) in [6, 6.07) is 6.00. The summed E-state index contributed by atoms with van der Waals surface area (Å²) in [7, 11) is 0. The van der Waals surface area contributed by atoms with Gasteiger partial charge in [0.05, 0.1) is 5.60 Å². The molecule has 1 amide bonds. The molecular formula is C16H20FNO2. The number of nitrogens with zero attached hydrogens (tertiary/aromatic N) is 1. The summed E-state index contributed by atoms with van der Waals surface area (Å²) in [6.45, 7) is 3.05. The maximum atomic E-state index is 12.8. The third-order valence-electron chi connectivity index (χ3n) is 3.66. The molecule has 1 aromatic carbocycles. The molecule has 1 unspecified atom stereocenters. The van der Waals surface area contributed by atoms with Gasteiger partial charge in [-0.25, -0.2) is 4.39 Å². The molecule has 1 aromatic rings. The number of likely N-dealkylation sites (tertiary alicyclic amines) is 1. The number of carbonyl (C=O) groups is 1. The Hall–Kier alpha value is -1.68. The maximum Gasteiger partial charge on any atom is 0.246 e. The van der Waals surface area contributed by atoms with E-state index < -0.39 is 5.60 Å². The van der Waals surface area contributed by atoms with Gasteiger partial charge in [-0.2, -0.15) is 0 Å². The van der Waals surface area contributed by atoms with Crippen molar-refractivity contribution in [3.8, 4) is 0 Å². The molecule has 2 rings (SSSR count). The highest BCUT2D eigenvalue weighted by atomic mass is 19.1. The Balaban J connectivity index is 1.96. The van der Waals surface area contributed by atoms with Crippen molar-refractivity contribution in [1.82, 2.24) is 4.90 Å². The fraction of sp³-hybridized carbons (Fsp3) is 0.438. The number of rotatable bonds is 2. The predicted molar refractivity (Wildman–Crippen MR) is 76.5 cm³/mol. The smallest absolute Gasteiger partial charge is 0.246 e. The highest BCUT2D eigenvalue weighted by Crippen LogP contribution is 2.21. The lowest BCUT2D eigenvalue weighted by atomic mass is 9.98. The molecule has 1 saturated heterocycles. The first-order chi connectivity index (χ1) is 9.46. The highest BCUT2D eigenvalue weighted by molar-refractivity contribution is 5.91. The molecule has 108 valence electrons. The SMILES string of the molecule is CC1(O)CCCN(C(=O)/C=C/c2ccc(F)cc2)CC1. The van der Waals surface area contributed by atoms with Gasteiger partial charge in [0, 0.05) is 19.2 Å². The van der Waals surface area contributed by atoms with Crippen LogP contribution in [0.4, 0.5) is 4.39 Å². The second-order valence-corrected chi connectivity index (χ2v) is 5.56. The lowest BCUT2D eigenvalue weighted by Gasteiger charge is -2.21. The average molecular weight is 277 g/mol. The van der Waals surface area contributed by atoms with Gasteiger partial charge in [0.25, 0.3) is 0 Å². The number of amides is 1. The van der Waals surface area contributed by atoms with E-state index in [9.17, 15) is 14.3 Å². The van der Waals surface area contributed by atoms with Crippen molar-refractivity contribution in [2.75, 3.05) is 13.1 Å². The Morgan fingerprint density at radius 1 is 1.30 bits per heavy atom. The minimum absolute atomic E-state index is 0.0629. The van der Waals surface area contributed by atoms with E-state index in [1.54, 1.807) is 23.1 Å². The molecule has 0 aliphatic carbocycles. The van der Waals surface area contributed by atoms with Crippen LogP contribution < -0.4 is 0 Å². The summed E-state index contributed by atoms with van der Waals surface area (Å²) in [5.41, 5.74) is 0.122. The third-order valence-corrected chi connectivity index (χ3v) is 3.66. The van der Waals surface area contributed by atoms with Crippen LogP contribution in [0.2, 0.25) is 0 Å². The van der Waals surface area contributed by atoms with Gasteiger partial charge < -0.3 is 10.0 Å². The van der Waals surface area contributed by atoms with Gasteiger partial charge in [-0.15, -0.1) is 0 Å². The van der Waals surface area contributed by atoms with Crippen molar-refractivity contribution in [1.29, 1.82) is 0 Å². The second kappa shape index (κ2) is 6.18. The van der Waals surface area contributed by atoms with Gasteiger partial charge in [0.15, 0.2) is 0 Å². The molecule has 0 radical (unpaired) electrons. The molecule has 1 aliphatic rings. The first kappa shape index (κ1) is 14.7. The standard InChI is InChI=1S/C16H20FNO2/c1-16(20)9-2-11-18(12-10-16)15(19)8-5-13-3-6-14(17)7-4-13/h3-8,20H,2,9-12H2,1H3/b8-5+. The fourth-order valence-electron chi connectivity index (χ4n) is 2.33. The second-order valence-electron chi connectivity index (χ2n) is 5.56. The van der Waals surface area contributed by atoms with Gasteiger partial charge in [-0.3, -0.25) is 4.79 Å². The molecular weight excluding hydrogens is 257 g/mol. The van der Waals surface area contributed by atoms with E-state index in [4.69, 9.17) is 0 Å². The summed E-state index contributed by atoms with van der Waals surface area (Å²) in [4.78, 5) is 13.8. The van der Waals surface area contributed by atoms with E-state index in [1.807, 2.05) is 6.92 Å². The molecule has 1 fully saturated rings. The van der Waals surface area contributed by atoms with E-state index in [2.05, 4.69) is 0 Å². The normalized spacial score (nSPS) is 23.9. The molecule has 20 heavy (non-hydrogen) atoms. The van der Waals surface area contributed by atoms with E-state index in [0.717, 1.165) is 18.4 Å². The third kappa shape index (κ3) is 4.17. The zero-order chi connectivity index (χ0) is 14.6. The van der Waals surface area contributed by atoms with Crippen LogP contribution in [-0.4, -0.2) is 34.6 Å². The maximum absolute atomic E-state index is 12.8. The highest BCUT2D eigenvalue weighted by Gasteiger charge is 2.26. The zero-order valence-electron chi connectivity index (χ0n) is 11.7. The largest absolute Gasteiger partial charge is 0.390 e. The van der Waals surface area contributed by atoms with Crippen molar-refractivity contribution in [2.45, 2.75) is 31.8 Å². The summed E-state index contributed by atoms with van der Waals surface area (Å²) < 4.78 is 12.8. The van der Waals surface area contributed by atoms with Gasteiger partial charge in [-0.05, 0) is 50.0 Å². The Labute approximate surface area is 118 Å². The van der Waals surface area contributed by atoms with Crippen LogP contribution in [0, 0.1) is 5.82 Å². The molecule has 1 heterocycles. The van der Waals surface area contributed by atoms with Crippen molar-refractivity contribution in [3.63, 3.8) is 0 Å². The number of halogens is 1. The van der Waals surface area contributed by atoms with Gasteiger partial charge >= 0.3 is 0 Å². The van der Waals surface area contributed by atoms with Crippen molar-refractivity contribution >= 4 is 12.0 Å².